The van der Waals surface area contributed by atoms with E-state index in [2.05, 4.69) is 38.2 Å². The summed E-state index contributed by atoms with van der Waals surface area (Å²) < 4.78 is 11.7. The first-order valence-corrected chi connectivity index (χ1v) is 22.0. The van der Waals surface area contributed by atoms with Gasteiger partial charge in [0.1, 0.15) is 0 Å². The molecule has 1 heterocycles. The molecule has 0 spiro atoms. The number of carbonyl (C=O) groups excluding carboxylic acids is 3. The molecule has 0 N–H and O–H groups in total. The van der Waals surface area contributed by atoms with Gasteiger partial charge >= 0.3 is 11.9 Å². The number of esters is 2. The smallest absolute Gasteiger partial charge is 0.306 e. The molecule has 0 aromatic carbocycles. The van der Waals surface area contributed by atoms with Gasteiger partial charge in [0.05, 0.1) is 13.1 Å². The Morgan fingerprint density at radius 3 is 1.17 bits per heavy atom. The third-order valence-electron chi connectivity index (χ3n) is 10.2. The standard InChI is InChI=1S/C45H82N2O5/c1-5-7-9-11-13-15-17-19-21-23-25-27-29-31-33-35-44(49)51-41-39-47(43(48)37-38-46(3)4)40-42(41)52-45(50)36-34-32-30-28-26-24-22-20-18-16-14-12-10-8-6-2/h19-22,41-42H,5-18,23-40H2,1-4H3/b21-19-,22-20-. The zero-order chi connectivity index (χ0) is 37.9. The Balaban J connectivity index is 2.27. The molecule has 0 aromatic rings. The molecule has 7 nitrogen and oxygen atoms in total. The highest BCUT2D eigenvalue weighted by Gasteiger charge is 2.40. The number of unbranched alkanes of at least 4 members (excludes halogenated alkanes) is 22. The molecule has 1 saturated heterocycles. The fourth-order valence-electron chi connectivity index (χ4n) is 6.79. The van der Waals surface area contributed by atoms with Crippen LogP contribution in [0.25, 0.3) is 0 Å². The van der Waals surface area contributed by atoms with Crippen molar-refractivity contribution in [3.63, 3.8) is 0 Å². The van der Waals surface area contributed by atoms with Crippen LogP contribution in [0.15, 0.2) is 24.3 Å². The second-order valence-corrected chi connectivity index (χ2v) is 15.6. The molecule has 0 bridgehead atoms. The Bertz CT molecular complexity index is 871. The summed E-state index contributed by atoms with van der Waals surface area (Å²) in [5.74, 6) is -0.519. The summed E-state index contributed by atoms with van der Waals surface area (Å²) in [6.07, 6.45) is 40.7. The number of amides is 1. The molecule has 2 atom stereocenters. The fraction of sp³-hybridized carbons (Fsp3) is 0.844. The van der Waals surface area contributed by atoms with Gasteiger partial charge in [-0.15, -0.1) is 0 Å². The van der Waals surface area contributed by atoms with Crippen LogP contribution in [0.1, 0.15) is 200 Å². The first kappa shape index (κ1) is 47.9. The maximum atomic E-state index is 12.9. The van der Waals surface area contributed by atoms with E-state index < -0.39 is 12.2 Å². The predicted molar refractivity (Wildman–Crippen MR) is 218 cm³/mol. The third-order valence-corrected chi connectivity index (χ3v) is 10.2. The first-order chi connectivity index (χ1) is 25.4. The summed E-state index contributed by atoms with van der Waals surface area (Å²) >= 11 is 0. The van der Waals surface area contributed by atoms with E-state index in [0.29, 0.717) is 25.8 Å². The average molecular weight is 731 g/mol. The van der Waals surface area contributed by atoms with Gasteiger partial charge in [-0.25, -0.2) is 0 Å². The molecular weight excluding hydrogens is 649 g/mol. The summed E-state index contributed by atoms with van der Waals surface area (Å²) in [6, 6.07) is 0. The minimum atomic E-state index is -0.600. The monoisotopic (exact) mass is 731 g/mol. The Morgan fingerprint density at radius 1 is 0.500 bits per heavy atom. The van der Waals surface area contributed by atoms with Crippen molar-refractivity contribution >= 4 is 17.8 Å². The predicted octanol–water partition coefficient (Wildman–Crippen LogP) is 11.7. The molecule has 0 radical (unpaired) electrons. The summed E-state index contributed by atoms with van der Waals surface area (Å²) in [6.45, 7) is 5.75. The summed E-state index contributed by atoms with van der Waals surface area (Å²) in [5, 5.41) is 0. The van der Waals surface area contributed by atoms with Gasteiger partial charge in [-0.1, -0.05) is 141 Å². The van der Waals surface area contributed by atoms with E-state index in [9.17, 15) is 14.4 Å². The number of hydrogen-bond acceptors (Lipinski definition) is 6. The molecule has 2 unspecified atom stereocenters. The highest BCUT2D eigenvalue weighted by atomic mass is 16.6. The minimum Gasteiger partial charge on any atom is -0.456 e. The summed E-state index contributed by atoms with van der Waals surface area (Å²) in [5.41, 5.74) is 0. The van der Waals surface area contributed by atoms with Crippen LogP contribution >= 0.6 is 0 Å². The lowest BCUT2D eigenvalue weighted by molar-refractivity contribution is -0.164. The molecule has 1 rings (SSSR count). The molecule has 0 aromatic heterocycles. The molecule has 52 heavy (non-hydrogen) atoms. The molecule has 0 aliphatic carbocycles. The van der Waals surface area contributed by atoms with Gasteiger partial charge in [-0.05, 0) is 78.3 Å². The van der Waals surface area contributed by atoms with Crippen molar-refractivity contribution in [3.8, 4) is 0 Å². The van der Waals surface area contributed by atoms with Crippen LogP contribution in [0.2, 0.25) is 0 Å². The average Bonchev–Trinajstić information content (AvgIpc) is 3.51. The highest BCUT2D eigenvalue weighted by molar-refractivity contribution is 5.77. The number of rotatable bonds is 35. The maximum Gasteiger partial charge on any atom is 0.306 e. The summed E-state index contributed by atoms with van der Waals surface area (Å²) in [4.78, 5) is 42.2. The van der Waals surface area contributed by atoms with Crippen LogP contribution in [-0.4, -0.2) is 73.6 Å². The Hall–Kier alpha value is -2.15. The Kier molecular flexibility index (Phi) is 31.9. The highest BCUT2D eigenvalue weighted by Crippen LogP contribution is 2.21. The SMILES string of the molecule is CCCCCCCC/C=C\CCCCCCCC(=O)OC1CN(C(=O)CCN(C)C)CC1OC(=O)CCCCCCC/C=C\CCCCCCCC. The third kappa shape index (κ3) is 28.4. The van der Waals surface area contributed by atoms with Crippen LogP contribution < -0.4 is 0 Å². The lowest BCUT2D eigenvalue weighted by Crippen LogP contribution is -2.33. The van der Waals surface area contributed by atoms with Crippen molar-refractivity contribution in [2.24, 2.45) is 0 Å². The molecule has 7 heteroatoms. The second-order valence-electron chi connectivity index (χ2n) is 15.6. The number of ether oxygens (including phenoxy) is 2. The van der Waals surface area contributed by atoms with Gasteiger partial charge in [-0.3, -0.25) is 14.4 Å². The van der Waals surface area contributed by atoms with E-state index in [4.69, 9.17) is 9.47 Å². The minimum absolute atomic E-state index is 0.00260. The van der Waals surface area contributed by atoms with Gasteiger partial charge in [0.25, 0.3) is 0 Å². The van der Waals surface area contributed by atoms with Crippen LogP contribution in [0.5, 0.6) is 0 Å². The van der Waals surface area contributed by atoms with Crippen molar-refractivity contribution in [2.45, 2.75) is 212 Å². The van der Waals surface area contributed by atoms with E-state index in [1.165, 1.54) is 116 Å². The number of carbonyl (C=O) groups is 3. The van der Waals surface area contributed by atoms with Crippen LogP contribution in [0.3, 0.4) is 0 Å². The van der Waals surface area contributed by atoms with Gasteiger partial charge in [0.2, 0.25) is 5.91 Å². The molecule has 302 valence electrons. The second kappa shape index (κ2) is 34.6. The Labute approximate surface area is 321 Å². The van der Waals surface area contributed by atoms with Crippen LogP contribution in [0, 0.1) is 0 Å². The van der Waals surface area contributed by atoms with E-state index in [0.717, 1.165) is 51.4 Å². The van der Waals surface area contributed by atoms with Gasteiger partial charge < -0.3 is 19.3 Å². The largest absolute Gasteiger partial charge is 0.456 e. The lowest BCUT2D eigenvalue weighted by Gasteiger charge is -2.19. The lowest BCUT2D eigenvalue weighted by atomic mass is 10.1. The van der Waals surface area contributed by atoms with Gasteiger partial charge in [0, 0.05) is 25.8 Å². The zero-order valence-electron chi connectivity index (χ0n) is 34.5. The van der Waals surface area contributed by atoms with Crippen molar-refractivity contribution < 1.29 is 23.9 Å². The summed E-state index contributed by atoms with van der Waals surface area (Å²) in [7, 11) is 3.88. The molecule has 0 saturated carbocycles. The molecule has 1 aliphatic rings. The van der Waals surface area contributed by atoms with Crippen molar-refractivity contribution in [2.75, 3.05) is 33.7 Å². The van der Waals surface area contributed by atoms with Crippen LogP contribution in [0.4, 0.5) is 0 Å². The number of nitrogens with zero attached hydrogens (tertiary/aromatic N) is 2. The normalized spacial score (nSPS) is 16.1. The molecule has 1 aliphatic heterocycles. The maximum absolute atomic E-state index is 12.9. The van der Waals surface area contributed by atoms with E-state index >= 15 is 0 Å². The number of hydrogen-bond donors (Lipinski definition) is 0. The van der Waals surface area contributed by atoms with Gasteiger partial charge in [0.15, 0.2) is 12.2 Å². The Morgan fingerprint density at radius 2 is 0.827 bits per heavy atom. The van der Waals surface area contributed by atoms with Gasteiger partial charge in [-0.2, -0.15) is 0 Å². The first-order valence-electron chi connectivity index (χ1n) is 22.0. The van der Waals surface area contributed by atoms with E-state index in [-0.39, 0.29) is 30.9 Å². The quantitative estimate of drug-likeness (QED) is 0.0367. The topological polar surface area (TPSA) is 76.2 Å². The van der Waals surface area contributed by atoms with Crippen LogP contribution in [-0.2, 0) is 23.9 Å². The molecule has 1 fully saturated rings. The zero-order valence-corrected chi connectivity index (χ0v) is 34.5. The van der Waals surface area contributed by atoms with Crippen molar-refractivity contribution in [1.82, 2.24) is 9.80 Å². The van der Waals surface area contributed by atoms with Crippen molar-refractivity contribution in [3.05, 3.63) is 24.3 Å². The van der Waals surface area contributed by atoms with E-state index in [1.54, 1.807) is 4.90 Å². The van der Waals surface area contributed by atoms with E-state index in [1.807, 2.05) is 19.0 Å². The molecular formula is C45H82N2O5. The number of allylic oxidation sites excluding steroid dienone is 4. The number of likely N-dealkylation sites (tertiary alicyclic amines) is 1. The molecule has 1 amide bonds. The van der Waals surface area contributed by atoms with Crippen molar-refractivity contribution in [1.29, 1.82) is 0 Å². The fourth-order valence-corrected chi connectivity index (χ4v) is 6.79.